The van der Waals surface area contributed by atoms with Gasteiger partial charge >= 0.3 is 0 Å². The SMILES string of the molecule is CNC(Cc1cc(C)nn1C)C1CC2CCC1O2. The van der Waals surface area contributed by atoms with E-state index in [0.717, 1.165) is 12.1 Å². The summed E-state index contributed by atoms with van der Waals surface area (Å²) in [5.74, 6) is 0.670. The molecule has 1 aromatic rings. The quantitative estimate of drug-likeness (QED) is 0.877. The standard InChI is InChI=1S/C14H23N3O/c1-9-6-10(17(3)16-9)7-13(15-2)12-8-11-4-5-14(12)18-11/h6,11-15H,4-5,7-8H2,1-3H3. The highest BCUT2D eigenvalue weighted by atomic mass is 16.5. The molecule has 2 aliphatic heterocycles. The average molecular weight is 249 g/mol. The van der Waals surface area contributed by atoms with Gasteiger partial charge in [-0.3, -0.25) is 4.68 Å². The third-order valence-corrected chi connectivity index (χ3v) is 4.57. The van der Waals surface area contributed by atoms with Gasteiger partial charge < -0.3 is 10.1 Å². The second-order valence-corrected chi connectivity index (χ2v) is 5.77. The number of ether oxygens (including phenoxy) is 1. The van der Waals surface area contributed by atoms with Crippen molar-refractivity contribution in [2.24, 2.45) is 13.0 Å². The number of likely N-dealkylation sites (N-methyl/N-ethyl adjacent to an activating group) is 1. The summed E-state index contributed by atoms with van der Waals surface area (Å²) in [4.78, 5) is 0. The van der Waals surface area contributed by atoms with E-state index in [1.54, 1.807) is 0 Å². The molecule has 0 radical (unpaired) electrons. The molecule has 0 amide bonds. The van der Waals surface area contributed by atoms with Gasteiger partial charge in [0.2, 0.25) is 0 Å². The zero-order valence-corrected chi connectivity index (χ0v) is 11.5. The first-order valence-electron chi connectivity index (χ1n) is 6.99. The zero-order chi connectivity index (χ0) is 12.7. The van der Waals surface area contributed by atoms with Gasteiger partial charge in [0.25, 0.3) is 0 Å². The van der Waals surface area contributed by atoms with Gasteiger partial charge in [-0.05, 0) is 39.3 Å². The minimum absolute atomic E-state index is 0.488. The fraction of sp³-hybridized carbons (Fsp3) is 0.786. The van der Waals surface area contributed by atoms with Crippen LogP contribution in [-0.4, -0.2) is 35.1 Å². The molecule has 4 unspecified atom stereocenters. The molecule has 4 heteroatoms. The van der Waals surface area contributed by atoms with Gasteiger partial charge in [-0.1, -0.05) is 0 Å². The highest BCUT2D eigenvalue weighted by Crippen LogP contribution is 2.40. The van der Waals surface area contributed by atoms with Crippen molar-refractivity contribution >= 4 is 0 Å². The molecule has 0 aromatic carbocycles. The fourth-order valence-electron chi connectivity index (χ4n) is 3.65. The Morgan fingerprint density at radius 2 is 2.39 bits per heavy atom. The summed E-state index contributed by atoms with van der Waals surface area (Å²) in [7, 11) is 4.10. The van der Waals surface area contributed by atoms with Gasteiger partial charge in [-0.2, -0.15) is 5.10 Å². The van der Waals surface area contributed by atoms with E-state index in [-0.39, 0.29) is 0 Å². The van der Waals surface area contributed by atoms with E-state index in [1.165, 1.54) is 25.0 Å². The predicted molar refractivity (Wildman–Crippen MR) is 70.5 cm³/mol. The monoisotopic (exact) mass is 249 g/mol. The molecule has 0 aliphatic carbocycles. The topological polar surface area (TPSA) is 39.1 Å². The highest BCUT2D eigenvalue weighted by molar-refractivity contribution is 5.11. The molecule has 0 saturated carbocycles. The summed E-state index contributed by atoms with van der Waals surface area (Å²) in [6.45, 7) is 2.05. The lowest BCUT2D eigenvalue weighted by atomic mass is 9.82. The maximum Gasteiger partial charge on any atom is 0.0623 e. The fourth-order valence-corrected chi connectivity index (χ4v) is 3.65. The van der Waals surface area contributed by atoms with E-state index in [2.05, 4.69) is 30.5 Å². The molecule has 18 heavy (non-hydrogen) atoms. The second kappa shape index (κ2) is 4.67. The minimum atomic E-state index is 0.488. The maximum absolute atomic E-state index is 5.98. The summed E-state index contributed by atoms with van der Waals surface area (Å²) in [5, 5.41) is 7.92. The minimum Gasteiger partial charge on any atom is -0.375 e. The lowest BCUT2D eigenvalue weighted by Gasteiger charge is -2.28. The van der Waals surface area contributed by atoms with Crippen LogP contribution >= 0.6 is 0 Å². The molecular formula is C14H23N3O. The van der Waals surface area contributed by atoms with E-state index in [1.807, 2.05) is 11.7 Å². The van der Waals surface area contributed by atoms with Crippen LogP contribution in [0, 0.1) is 12.8 Å². The number of hydrogen-bond acceptors (Lipinski definition) is 3. The van der Waals surface area contributed by atoms with Crippen molar-refractivity contribution < 1.29 is 4.74 Å². The molecule has 2 saturated heterocycles. The molecule has 100 valence electrons. The summed E-state index contributed by atoms with van der Waals surface area (Å²) >= 11 is 0. The number of nitrogens with one attached hydrogen (secondary N) is 1. The van der Waals surface area contributed by atoms with E-state index >= 15 is 0 Å². The molecule has 0 spiro atoms. The Bertz CT molecular complexity index is 429. The zero-order valence-electron chi connectivity index (χ0n) is 11.5. The molecule has 4 atom stereocenters. The Labute approximate surface area is 109 Å². The molecule has 3 heterocycles. The third kappa shape index (κ3) is 2.08. The van der Waals surface area contributed by atoms with Crippen molar-refractivity contribution in [2.75, 3.05) is 7.05 Å². The lowest BCUT2D eigenvalue weighted by molar-refractivity contribution is 0.0862. The van der Waals surface area contributed by atoms with Crippen LogP contribution in [0.3, 0.4) is 0 Å². The summed E-state index contributed by atoms with van der Waals surface area (Å²) in [6, 6.07) is 2.70. The van der Waals surface area contributed by atoms with E-state index < -0.39 is 0 Å². The van der Waals surface area contributed by atoms with Crippen LogP contribution in [0.1, 0.15) is 30.7 Å². The van der Waals surface area contributed by atoms with Crippen LogP contribution in [0.25, 0.3) is 0 Å². The summed E-state index contributed by atoms with van der Waals surface area (Å²) < 4.78 is 7.99. The van der Waals surface area contributed by atoms with Crippen LogP contribution < -0.4 is 5.32 Å². The lowest BCUT2D eigenvalue weighted by Crippen LogP contribution is -2.40. The molecule has 1 N–H and O–H groups in total. The van der Waals surface area contributed by atoms with Crippen molar-refractivity contribution in [3.05, 3.63) is 17.5 Å². The molecule has 4 nitrogen and oxygen atoms in total. The number of aromatic nitrogens is 2. The smallest absolute Gasteiger partial charge is 0.0623 e. The molecule has 3 rings (SSSR count). The molecule has 2 aliphatic rings. The number of fused-ring (bicyclic) bond motifs is 2. The van der Waals surface area contributed by atoms with Gasteiger partial charge in [0.1, 0.15) is 0 Å². The largest absolute Gasteiger partial charge is 0.375 e. The third-order valence-electron chi connectivity index (χ3n) is 4.57. The Hall–Kier alpha value is -0.870. The Morgan fingerprint density at radius 1 is 1.56 bits per heavy atom. The number of aryl methyl sites for hydroxylation is 2. The highest BCUT2D eigenvalue weighted by Gasteiger charge is 2.43. The van der Waals surface area contributed by atoms with Gasteiger partial charge in [-0.15, -0.1) is 0 Å². The summed E-state index contributed by atoms with van der Waals surface area (Å²) in [6.07, 6.45) is 5.81. The van der Waals surface area contributed by atoms with Crippen LogP contribution in [0.5, 0.6) is 0 Å². The van der Waals surface area contributed by atoms with Gasteiger partial charge in [0.05, 0.1) is 17.9 Å². The van der Waals surface area contributed by atoms with Gasteiger partial charge in [0, 0.05) is 31.1 Å². The van der Waals surface area contributed by atoms with Crippen molar-refractivity contribution in [1.82, 2.24) is 15.1 Å². The Kier molecular flexibility index (Phi) is 3.16. The number of hydrogen-bond donors (Lipinski definition) is 1. The van der Waals surface area contributed by atoms with Crippen molar-refractivity contribution in [2.45, 2.75) is 50.9 Å². The van der Waals surface area contributed by atoms with E-state index in [0.29, 0.717) is 24.2 Å². The van der Waals surface area contributed by atoms with Crippen LogP contribution in [0.4, 0.5) is 0 Å². The number of nitrogens with zero attached hydrogens (tertiary/aromatic N) is 2. The van der Waals surface area contributed by atoms with Crippen molar-refractivity contribution in [1.29, 1.82) is 0 Å². The first-order valence-corrected chi connectivity index (χ1v) is 6.99. The molecule has 2 fully saturated rings. The normalized spacial score (nSPS) is 32.1. The Morgan fingerprint density at radius 3 is 2.89 bits per heavy atom. The molecule has 2 bridgehead atoms. The molecule has 1 aromatic heterocycles. The Balaban J connectivity index is 1.71. The van der Waals surface area contributed by atoms with Crippen LogP contribution in [0.15, 0.2) is 6.07 Å². The van der Waals surface area contributed by atoms with E-state index in [9.17, 15) is 0 Å². The molecular weight excluding hydrogens is 226 g/mol. The first-order chi connectivity index (χ1) is 8.67. The van der Waals surface area contributed by atoms with Crippen LogP contribution in [-0.2, 0) is 18.2 Å². The predicted octanol–water partition coefficient (Wildman–Crippen LogP) is 1.43. The van der Waals surface area contributed by atoms with Crippen molar-refractivity contribution in [3.63, 3.8) is 0 Å². The first kappa shape index (κ1) is 12.2. The van der Waals surface area contributed by atoms with Gasteiger partial charge in [-0.25, -0.2) is 0 Å². The number of rotatable bonds is 4. The van der Waals surface area contributed by atoms with Crippen LogP contribution in [0.2, 0.25) is 0 Å². The second-order valence-electron chi connectivity index (χ2n) is 5.77. The summed E-state index contributed by atoms with van der Waals surface area (Å²) in [5.41, 5.74) is 2.42. The maximum atomic E-state index is 5.98. The van der Waals surface area contributed by atoms with E-state index in [4.69, 9.17) is 4.74 Å². The van der Waals surface area contributed by atoms with Crippen molar-refractivity contribution in [3.8, 4) is 0 Å². The average Bonchev–Trinajstić information content (AvgIpc) is 3.02. The van der Waals surface area contributed by atoms with Gasteiger partial charge in [0.15, 0.2) is 0 Å².